The zero-order chi connectivity index (χ0) is 23.2. The predicted molar refractivity (Wildman–Crippen MR) is 157 cm³/mol. The van der Waals surface area contributed by atoms with E-state index in [0.717, 1.165) is 19.6 Å². The van der Waals surface area contributed by atoms with E-state index in [1.165, 1.54) is 11.1 Å². The predicted octanol–water partition coefficient (Wildman–Crippen LogP) is 10.7. The van der Waals surface area contributed by atoms with Crippen LogP contribution in [0, 0.1) is 0 Å². The van der Waals surface area contributed by atoms with Crippen molar-refractivity contribution >= 4 is 43.9 Å². The molecule has 0 aromatic heterocycles. The van der Waals surface area contributed by atoms with Crippen molar-refractivity contribution in [3.8, 4) is 0 Å². The first-order valence-corrected chi connectivity index (χ1v) is 17.1. The molecule has 0 saturated heterocycles. The van der Waals surface area contributed by atoms with Crippen LogP contribution < -0.4 is 0 Å². The molecule has 169 valence electrons. The van der Waals surface area contributed by atoms with Crippen LogP contribution in [0.4, 0.5) is 0 Å². The van der Waals surface area contributed by atoms with Crippen molar-refractivity contribution in [2.45, 2.75) is 88.7 Å². The molecule has 4 heteroatoms. The van der Waals surface area contributed by atoms with Gasteiger partial charge in [0, 0.05) is 55.8 Å². The molecule has 0 saturated carbocycles. The molecule has 2 aromatic rings. The number of aryl methyl sites for hydroxylation is 2. The standard InChI is InChI=1S/2C8H10.C3H9B.3C2H6.I2.V/c2*1-2-8-6-4-3-5-7-8;1-4(2)3;4*1-2;/h2*3-7H,2H2,1H3;1-3H3;3*1-2H3;;. The van der Waals surface area contributed by atoms with Gasteiger partial charge in [0.05, 0.1) is 0 Å². The Kier molecular flexibility index (Phi) is 69.9. The summed E-state index contributed by atoms with van der Waals surface area (Å²) in [5.74, 6) is 0. The fraction of sp³-hybridized carbons (Fsp3) is 0.520. The van der Waals surface area contributed by atoms with Crippen LogP contribution in [0.1, 0.15) is 66.5 Å². The van der Waals surface area contributed by atoms with Crippen molar-refractivity contribution < 1.29 is 18.6 Å². The SMILES string of the molecule is CB(C)C.CC.CC.CC.CCc1ccccc1.CCc1ccccc1.II.[V]. The summed E-state index contributed by atoms with van der Waals surface area (Å²) in [5.41, 5.74) is 2.82. The molecule has 0 heterocycles. The quantitative estimate of drug-likeness (QED) is 0.222. The molecule has 0 aliphatic carbocycles. The summed E-state index contributed by atoms with van der Waals surface area (Å²) in [7, 11) is 0. The Hall–Kier alpha value is 0.549. The Morgan fingerprint density at radius 1 is 0.552 bits per heavy atom. The van der Waals surface area contributed by atoms with Gasteiger partial charge >= 0.3 is 0 Å². The molecule has 0 N–H and O–H groups in total. The van der Waals surface area contributed by atoms with Crippen LogP contribution in [-0.2, 0) is 31.4 Å². The third kappa shape index (κ3) is 47.7. The Morgan fingerprint density at radius 3 is 0.828 bits per heavy atom. The fourth-order valence-corrected chi connectivity index (χ4v) is 1.43. The molecular weight excluding hydrogens is 616 g/mol. The van der Waals surface area contributed by atoms with E-state index in [2.05, 4.69) is 120 Å². The minimum Gasteiger partial charge on any atom is -0.0865 e. The van der Waals surface area contributed by atoms with Crippen LogP contribution in [0.2, 0.25) is 20.5 Å². The van der Waals surface area contributed by atoms with E-state index in [1.807, 2.05) is 53.7 Å². The monoisotopic (exact) mass is 663 g/mol. The van der Waals surface area contributed by atoms with Crippen molar-refractivity contribution in [1.29, 1.82) is 0 Å². The maximum absolute atomic E-state index is 2.17. The molecule has 2 aromatic carbocycles. The van der Waals surface area contributed by atoms with Gasteiger partial charge in [-0.2, -0.15) is 0 Å². The van der Waals surface area contributed by atoms with Gasteiger partial charge in [0.15, 0.2) is 0 Å². The van der Waals surface area contributed by atoms with E-state index < -0.39 is 0 Å². The molecule has 0 fully saturated rings. The van der Waals surface area contributed by atoms with Gasteiger partial charge in [-0.05, 0) is 24.0 Å². The van der Waals surface area contributed by atoms with Crippen molar-refractivity contribution in [2.24, 2.45) is 0 Å². The third-order valence-electron chi connectivity index (χ3n) is 2.50. The number of hydrogen-bond acceptors (Lipinski definition) is 0. The summed E-state index contributed by atoms with van der Waals surface area (Å²) >= 11 is 4.24. The average molecular weight is 663 g/mol. The molecule has 2 rings (SSSR count). The van der Waals surface area contributed by atoms with Crippen LogP contribution >= 0.6 is 37.2 Å². The van der Waals surface area contributed by atoms with Gasteiger partial charge in [0.1, 0.15) is 6.71 Å². The molecular formula is C25H47BI2V. The molecule has 0 atom stereocenters. The van der Waals surface area contributed by atoms with Crippen LogP contribution in [0.5, 0.6) is 0 Å². The second-order valence-electron chi connectivity index (χ2n) is 5.41. The minimum absolute atomic E-state index is 0. The molecule has 0 amide bonds. The van der Waals surface area contributed by atoms with Gasteiger partial charge in [-0.25, -0.2) is 0 Å². The van der Waals surface area contributed by atoms with Gasteiger partial charge < -0.3 is 0 Å². The third-order valence-corrected chi connectivity index (χ3v) is 2.50. The number of rotatable bonds is 2. The molecule has 0 unspecified atom stereocenters. The Labute approximate surface area is 221 Å². The van der Waals surface area contributed by atoms with Gasteiger partial charge in [-0.3, -0.25) is 0 Å². The second kappa shape index (κ2) is 46.7. The normalized spacial score (nSPS) is 6.79. The Morgan fingerprint density at radius 2 is 0.724 bits per heavy atom. The van der Waals surface area contributed by atoms with Gasteiger partial charge in [0.25, 0.3) is 0 Å². The molecule has 29 heavy (non-hydrogen) atoms. The average Bonchev–Trinajstić information content (AvgIpc) is 2.80. The molecule has 0 nitrogen and oxygen atoms in total. The zero-order valence-electron chi connectivity index (χ0n) is 21.0. The number of halogens is 2. The Balaban J connectivity index is -0.0000000592. The maximum Gasteiger partial charge on any atom is 0.130 e. The van der Waals surface area contributed by atoms with Crippen LogP contribution in [0.3, 0.4) is 0 Å². The summed E-state index contributed by atoms with van der Waals surface area (Å²) in [6.07, 6.45) is 2.28. The molecule has 0 aliphatic rings. The summed E-state index contributed by atoms with van der Waals surface area (Å²) in [5, 5.41) is 0. The van der Waals surface area contributed by atoms with E-state index in [1.54, 1.807) is 0 Å². The van der Waals surface area contributed by atoms with Crippen molar-refractivity contribution in [3.63, 3.8) is 0 Å². The molecule has 0 spiro atoms. The number of hydrogen-bond donors (Lipinski definition) is 0. The van der Waals surface area contributed by atoms with E-state index in [4.69, 9.17) is 0 Å². The topological polar surface area (TPSA) is 0 Å². The largest absolute Gasteiger partial charge is 0.130 e. The molecule has 0 bridgehead atoms. The van der Waals surface area contributed by atoms with E-state index >= 15 is 0 Å². The van der Waals surface area contributed by atoms with E-state index in [0.29, 0.717) is 0 Å². The van der Waals surface area contributed by atoms with Crippen molar-refractivity contribution in [2.75, 3.05) is 0 Å². The summed E-state index contributed by atoms with van der Waals surface area (Å²) in [6, 6.07) is 20.9. The fourth-order valence-electron chi connectivity index (χ4n) is 1.43. The number of benzene rings is 2. The van der Waals surface area contributed by atoms with Gasteiger partial charge in [0.2, 0.25) is 0 Å². The first-order valence-electron chi connectivity index (χ1n) is 10.8. The van der Waals surface area contributed by atoms with Gasteiger partial charge in [-0.15, -0.1) is 0 Å². The molecule has 0 aliphatic heterocycles. The smallest absolute Gasteiger partial charge is 0.0865 e. The summed E-state index contributed by atoms with van der Waals surface area (Å²) in [4.78, 5) is 0. The van der Waals surface area contributed by atoms with E-state index in [9.17, 15) is 0 Å². The second-order valence-corrected chi connectivity index (χ2v) is 5.41. The summed E-state index contributed by atoms with van der Waals surface area (Å²) < 4.78 is 0. The maximum atomic E-state index is 2.17. The molecule has 1 radical (unpaired) electrons. The minimum atomic E-state index is 0. The van der Waals surface area contributed by atoms with E-state index in [-0.39, 0.29) is 18.6 Å². The first-order chi connectivity index (χ1) is 13.6. The first kappa shape index (κ1) is 43.4. The van der Waals surface area contributed by atoms with Crippen LogP contribution in [-0.4, -0.2) is 6.71 Å². The van der Waals surface area contributed by atoms with Crippen molar-refractivity contribution in [3.05, 3.63) is 71.8 Å². The van der Waals surface area contributed by atoms with Crippen molar-refractivity contribution in [1.82, 2.24) is 0 Å². The van der Waals surface area contributed by atoms with Crippen LogP contribution in [0.25, 0.3) is 0 Å². The van der Waals surface area contributed by atoms with Crippen LogP contribution in [0.15, 0.2) is 60.7 Å². The zero-order valence-corrected chi connectivity index (χ0v) is 26.7. The summed E-state index contributed by atoms with van der Waals surface area (Å²) in [6.45, 7) is 23.7. The Bertz CT molecular complexity index is 381. The van der Waals surface area contributed by atoms with Gasteiger partial charge in [-0.1, -0.05) is 137 Å².